The Bertz CT molecular complexity index is 629. The van der Waals surface area contributed by atoms with Crippen LogP contribution in [0.25, 0.3) is 0 Å². The maximum Gasteiger partial charge on any atom is 0.0392 e. The maximum absolute atomic E-state index is 3.75. The Morgan fingerprint density at radius 2 is 1.95 bits per heavy atom. The number of rotatable bonds is 4. The van der Waals surface area contributed by atoms with Crippen LogP contribution in [0.15, 0.2) is 42.5 Å². The van der Waals surface area contributed by atoms with Crippen molar-refractivity contribution in [3.63, 3.8) is 0 Å². The standard InChI is InChI=1S/C20H25N/c1-4-21-20(19-13-14(2)9-10-15(19)3)18-12-11-16-7-5-6-8-17(16)18/h5-10,13,18,20-21H,4,11-12H2,1-3H3. The van der Waals surface area contributed by atoms with E-state index in [1.807, 2.05) is 0 Å². The lowest BCUT2D eigenvalue weighted by Crippen LogP contribution is -2.27. The molecule has 0 saturated heterocycles. The molecule has 1 nitrogen and oxygen atoms in total. The molecule has 1 aliphatic rings. The van der Waals surface area contributed by atoms with Crippen LogP contribution in [0.1, 0.15) is 53.1 Å². The van der Waals surface area contributed by atoms with Crippen LogP contribution >= 0.6 is 0 Å². The Morgan fingerprint density at radius 1 is 1.14 bits per heavy atom. The number of benzene rings is 2. The van der Waals surface area contributed by atoms with Crippen molar-refractivity contribution in [2.75, 3.05) is 6.54 Å². The molecule has 0 saturated carbocycles. The van der Waals surface area contributed by atoms with E-state index < -0.39 is 0 Å². The Labute approximate surface area is 128 Å². The average molecular weight is 279 g/mol. The number of hydrogen-bond donors (Lipinski definition) is 1. The van der Waals surface area contributed by atoms with Crippen LogP contribution in [0.5, 0.6) is 0 Å². The molecule has 3 rings (SSSR count). The summed E-state index contributed by atoms with van der Waals surface area (Å²) in [5.41, 5.74) is 7.30. The topological polar surface area (TPSA) is 12.0 Å². The van der Waals surface area contributed by atoms with E-state index in [4.69, 9.17) is 0 Å². The number of fused-ring (bicyclic) bond motifs is 1. The molecule has 1 aliphatic carbocycles. The molecule has 110 valence electrons. The van der Waals surface area contributed by atoms with Gasteiger partial charge in [-0.3, -0.25) is 0 Å². The van der Waals surface area contributed by atoms with E-state index >= 15 is 0 Å². The molecule has 0 amide bonds. The Morgan fingerprint density at radius 3 is 2.76 bits per heavy atom. The zero-order valence-corrected chi connectivity index (χ0v) is 13.3. The van der Waals surface area contributed by atoms with E-state index in [2.05, 4.69) is 68.6 Å². The second kappa shape index (κ2) is 6.03. The second-order valence-electron chi connectivity index (χ2n) is 6.24. The minimum absolute atomic E-state index is 0.429. The summed E-state index contributed by atoms with van der Waals surface area (Å²) in [5.74, 6) is 0.599. The molecule has 2 atom stereocenters. The van der Waals surface area contributed by atoms with Gasteiger partial charge in [0.15, 0.2) is 0 Å². The van der Waals surface area contributed by atoms with Gasteiger partial charge in [-0.25, -0.2) is 0 Å². The van der Waals surface area contributed by atoms with Gasteiger partial charge in [-0.15, -0.1) is 0 Å². The minimum Gasteiger partial charge on any atom is -0.310 e. The molecule has 21 heavy (non-hydrogen) atoms. The number of hydrogen-bond acceptors (Lipinski definition) is 1. The first-order valence-electron chi connectivity index (χ1n) is 8.09. The number of nitrogens with one attached hydrogen (secondary N) is 1. The quantitative estimate of drug-likeness (QED) is 0.856. The Balaban J connectivity index is 2.01. The van der Waals surface area contributed by atoms with Crippen molar-refractivity contribution in [2.24, 2.45) is 0 Å². The van der Waals surface area contributed by atoms with Gasteiger partial charge in [-0.2, -0.15) is 0 Å². The summed E-state index contributed by atoms with van der Waals surface area (Å²) in [4.78, 5) is 0. The summed E-state index contributed by atoms with van der Waals surface area (Å²) < 4.78 is 0. The smallest absolute Gasteiger partial charge is 0.0392 e. The first-order valence-corrected chi connectivity index (χ1v) is 8.09. The molecular formula is C20H25N. The van der Waals surface area contributed by atoms with Crippen molar-refractivity contribution in [1.29, 1.82) is 0 Å². The van der Waals surface area contributed by atoms with Gasteiger partial charge in [0.25, 0.3) is 0 Å². The number of aryl methyl sites for hydroxylation is 3. The Hall–Kier alpha value is -1.60. The van der Waals surface area contributed by atoms with E-state index in [9.17, 15) is 0 Å². The molecule has 0 fully saturated rings. The van der Waals surface area contributed by atoms with Crippen molar-refractivity contribution in [1.82, 2.24) is 5.32 Å². The predicted octanol–water partition coefficient (Wildman–Crippen LogP) is 4.68. The van der Waals surface area contributed by atoms with Gasteiger partial charge in [0, 0.05) is 12.0 Å². The van der Waals surface area contributed by atoms with E-state index in [0.717, 1.165) is 6.54 Å². The van der Waals surface area contributed by atoms with E-state index in [0.29, 0.717) is 12.0 Å². The summed E-state index contributed by atoms with van der Waals surface area (Å²) in [6.07, 6.45) is 2.47. The average Bonchev–Trinajstić information content (AvgIpc) is 2.91. The van der Waals surface area contributed by atoms with E-state index in [1.54, 1.807) is 5.56 Å². The van der Waals surface area contributed by atoms with Gasteiger partial charge >= 0.3 is 0 Å². The van der Waals surface area contributed by atoms with Gasteiger partial charge in [0.1, 0.15) is 0 Å². The molecule has 0 bridgehead atoms. The van der Waals surface area contributed by atoms with Gasteiger partial charge in [-0.05, 0) is 55.5 Å². The Kier molecular flexibility index (Phi) is 4.12. The van der Waals surface area contributed by atoms with Crippen LogP contribution in [0.2, 0.25) is 0 Å². The highest BCUT2D eigenvalue weighted by atomic mass is 14.9. The summed E-state index contributed by atoms with van der Waals surface area (Å²) in [5, 5.41) is 3.75. The molecule has 0 spiro atoms. The van der Waals surface area contributed by atoms with Crippen LogP contribution in [-0.4, -0.2) is 6.54 Å². The van der Waals surface area contributed by atoms with Crippen LogP contribution in [-0.2, 0) is 6.42 Å². The second-order valence-corrected chi connectivity index (χ2v) is 6.24. The van der Waals surface area contributed by atoms with Crippen LogP contribution < -0.4 is 5.32 Å². The highest BCUT2D eigenvalue weighted by Crippen LogP contribution is 2.42. The van der Waals surface area contributed by atoms with Crippen molar-refractivity contribution in [3.8, 4) is 0 Å². The molecule has 2 aromatic rings. The summed E-state index contributed by atoms with van der Waals surface area (Å²) >= 11 is 0. The monoisotopic (exact) mass is 279 g/mol. The molecule has 1 heteroatoms. The van der Waals surface area contributed by atoms with Gasteiger partial charge < -0.3 is 5.32 Å². The first-order chi connectivity index (χ1) is 10.2. The van der Waals surface area contributed by atoms with Gasteiger partial charge in [-0.1, -0.05) is 55.0 Å². The zero-order valence-electron chi connectivity index (χ0n) is 13.3. The summed E-state index contributed by atoms with van der Waals surface area (Å²) in [6, 6.07) is 16.2. The van der Waals surface area contributed by atoms with Crippen LogP contribution in [0.3, 0.4) is 0 Å². The van der Waals surface area contributed by atoms with E-state index in [-0.39, 0.29) is 0 Å². The number of likely N-dealkylation sites (N-methyl/N-ethyl adjacent to an activating group) is 1. The summed E-state index contributed by atoms with van der Waals surface area (Å²) in [6.45, 7) is 7.64. The molecule has 0 aliphatic heterocycles. The van der Waals surface area contributed by atoms with Crippen molar-refractivity contribution in [2.45, 2.75) is 45.6 Å². The third-order valence-corrected chi connectivity index (χ3v) is 4.78. The fourth-order valence-electron chi connectivity index (χ4n) is 3.72. The SMILES string of the molecule is CCNC(c1cc(C)ccc1C)C1CCc2ccccc21. The third kappa shape index (κ3) is 2.75. The third-order valence-electron chi connectivity index (χ3n) is 4.78. The fraction of sp³-hybridized carbons (Fsp3) is 0.400. The van der Waals surface area contributed by atoms with Gasteiger partial charge in [0.05, 0.1) is 0 Å². The highest BCUT2D eigenvalue weighted by molar-refractivity contribution is 5.41. The molecular weight excluding hydrogens is 254 g/mol. The maximum atomic E-state index is 3.75. The van der Waals surface area contributed by atoms with Gasteiger partial charge in [0.2, 0.25) is 0 Å². The minimum atomic E-state index is 0.429. The molecule has 1 N–H and O–H groups in total. The van der Waals surface area contributed by atoms with Crippen molar-refractivity contribution >= 4 is 0 Å². The molecule has 0 aromatic heterocycles. The molecule has 2 unspecified atom stereocenters. The van der Waals surface area contributed by atoms with Crippen LogP contribution in [0.4, 0.5) is 0 Å². The highest BCUT2D eigenvalue weighted by Gasteiger charge is 2.30. The lowest BCUT2D eigenvalue weighted by atomic mass is 9.85. The molecule has 2 aromatic carbocycles. The lowest BCUT2D eigenvalue weighted by molar-refractivity contribution is 0.451. The molecule has 0 heterocycles. The summed E-state index contributed by atoms with van der Waals surface area (Å²) in [7, 11) is 0. The molecule has 0 radical (unpaired) electrons. The van der Waals surface area contributed by atoms with Crippen molar-refractivity contribution < 1.29 is 0 Å². The first kappa shape index (κ1) is 14.3. The largest absolute Gasteiger partial charge is 0.310 e. The van der Waals surface area contributed by atoms with Crippen LogP contribution in [0, 0.1) is 13.8 Å². The lowest BCUT2D eigenvalue weighted by Gasteiger charge is -2.27. The fourth-order valence-corrected chi connectivity index (χ4v) is 3.72. The predicted molar refractivity (Wildman–Crippen MR) is 89.8 cm³/mol. The van der Waals surface area contributed by atoms with Crippen molar-refractivity contribution in [3.05, 3.63) is 70.3 Å². The van der Waals surface area contributed by atoms with E-state index in [1.165, 1.54) is 35.1 Å². The zero-order chi connectivity index (χ0) is 14.8. The normalized spacial score (nSPS) is 18.5.